The number of allylic oxidation sites excluding steroid dienone is 1. The second-order valence-electron chi connectivity index (χ2n) is 2.49. The minimum absolute atomic E-state index is 0.157. The van der Waals surface area contributed by atoms with Crippen molar-refractivity contribution in [1.82, 2.24) is 0 Å². The van der Waals surface area contributed by atoms with Gasteiger partial charge in [0.15, 0.2) is 0 Å². The second-order valence-corrected chi connectivity index (χ2v) is 4.39. The van der Waals surface area contributed by atoms with E-state index >= 15 is 0 Å². The van der Waals surface area contributed by atoms with Crippen LogP contribution in [0, 0.1) is 0 Å². The van der Waals surface area contributed by atoms with Crippen LogP contribution in [0.1, 0.15) is 0 Å². The summed E-state index contributed by atoms with van der Waals surface area (Å²) in [4.78, 5) is 0. The number of phenols is 1. The van der Waals surface area contributed by atoms with Crippen LogP contribution in [0.25, 0.3) is 0 Å². The Kier molecular flexibility index (Phi) is 2.92. The van der Waals surface area contributed by atoms with Crippen LogP contribution in [-0.4, -0.2) is 14.6 Å². The number of hydrogen-bond donors (Lipinski definition) is 1. The molecule has 0 atom stereocenters. The molecule has 2 heteroatoms. The number of phenolic OH excluding ortho intramolecular Hbond substituents is 1. The first kappa shape index (κ1) is 8.08. The molecule has 0 saturated heterocycles. The molecule has 0 saturated carbocycles. The zero-order chi connectivity index (χ0) is 8.10. The van der Waals surface area contributed by atoms with Crippen LogP contribution in [0.4, 0.5) is 0 Å². The molecule has 1 nitrogen and oxygen atoms in total. The smallest absolute Gasteiger partial charge is 0.115 e. The van der Waals surface area contributed by atoms with Crippen molar-refractivity contribution in [2.75, 3.05) is 0 Å². The van der Waals surface area contributed by atoms with Gasteiger partial charge in [-0.05, 0) is 18.2 Å². The summed E-state index contributed by atoms with van der Waals surface area (Å²) >= 11 is 0. The van der Waals surface area contributed by atoms with Crippen LogP contribution in [0.5, 0.6) is 5.75 Å². The van der Waals surface area contributed by atoms with Gasteiger partial charge >= 0.3 is 0 Å². The molecule has 0 amide bonds. The van der Waals surface area contributed by atoms with E-state index in [4.69, 9.17) is 5.11 Å². The second kappa shape index (κ2) is 3.98. The van der Waals surface area contributed by atoms with E-state index in [2.05, 4.69) is 6.58 Å². The third-order valence-electron chi connectivity index (χ3n) is 1.57. The van der Waals surface area contributed by atoms with Gasteiger partial charge in [0, 0.05) is 0 Å². The van der Waals surface area contributed by atoms with Gasteiger partial charge in [-0.1, -0.05) is 23.4 Å². The molecule has 0 fully saturated rings. The minimum Gasteiger partial charge on any atom is -0.508 e. The molecule has 1 N–H and O–H groups in total. The Bertz CT molecular complexity index is 228. The fourth-order valence-electron chi connectivity index (χ4n) is 0.931. The quantitative estimate of drug-likeness (QED) is 0.517. The van der Waals surface area contributed by atoms with Gasteiger partial charge in [-0.3, -0.25) is 0 Å². The molecular formula is C9H12OSi. The topological polar surface area (TPSA) is 20.2 Å². The van der Waals surface area contributed by atoms with Crippen molar-refractivity contribution in [2.24, 2.45) is 0 Å². The fraction of sp³-hybridized carbons (Fsp3) is 0.111. The van der Waals surface area contributed by atoms with E-state index in [0.29, 0.717) is 5.75 Å². The van der Waals surface area contributed by atoms with Crippen molar-refractivity contribution in [1.29, 1.82) is 0 Å². The van der Waals surface area contributed by atoms with Crippen LogP contribution in [0.15, 0.2) is 36.9 Å². The molecule has 11 heavy (non-hydrogen) atoms. The van der Waals surface area contributed by atoms with Crippen molar-refractivity contribution < 1.29 is 5.11 Å². The SMILES string of the molecule is C=CC[SiH2]c1ccc(O)cc1. The summed E-state index contributed by atoms with van der Waals surface area (Å²) in [6.45, 7) is 3.68. The van der Waals surface area contributed by atoms with Crippen LogP contribution in [0.3, 0.4) is 0 Å². The van der Waals surface area contributed by atoms with Gasteiger partial charge in [-0.15, -0.1) is 6.58 Å². The molecule has 0 radical (unpaired) electrons. The minimum atomic E-state index is -0.157. The Balaban J connectivity index is 2.58. The molecule has 0 spiro atoms. The molecule has 0 aliphatic rings. The number of aromatic hydroxyl groups is 1. The van der Waals surface area contributed by atoms with E-state index < -0.39 is 0 Å². The number of benzene rings is 1. The van der Waals surface area contributed by atoms with E-state index in [1.54, 1.807) is 12.1 Å². The lowest BCUT2D eigenvalue weighted by atomic mass is 10.3. The Morgan fingerprint density at radius 2 is 2.00 bits per heavy atom. The summed E-state index contributed by atoms with van der Waals surface area (Å²) in [6, 6.07) is 8.59. The fourth-order valence-corrected chi connectivity index (χ4v) is 2.04. The van der Waals surface area contributed by atoms with Crippen molar-refractivity contribution >= 4 is 14.7 Å². The Hall–Kier alpha value is -1.02. The van der Waals surface area contributed by atoms with E-state index in [9.17, 15) is 0 Å². The summed E-state index contributed by atoms with van der Waals surface area (Å²) in [5.41, 5.74) is 0. The molecule has 0 heterocycles. The maximum absolute atomic E-state index is 8.98. The molecule has 0 aliphatic heterocycles. The number of hydrogen-bond acceptors (Lipinski definition) is 1. The highest BCUT2D eigenvalue weighted by molar-refractivity contribution is 6.53. The third kappa shape index (κ3) is 2.59. The first-order valence-corrected chi connectivity index (χ1v) is 5.42. The van der Waals surface area contributed by atoms with Crippen LogP contribution in [-0.2, 0) is 0 Å². The zero-order valence-electron chi connectivity index (χ0n) is 6.46. The standard InChI is InChI=1S/C9H12OSi/c1-2-7-11-9-5-3-8(10)4-6-9/h2-6,10H,1,7,11H2. The van der Waals surface area contributed by atoms with Crippen LogP contribution >= 0.6 is 0 Å². The highest BCUT2D eigenvalue weighted by Crippen LogP contribution is 2.02. The van der Waals surface area contributed by atoms with Gasteiger partial charge < -0.3 is 5.11 Å². The Morgan fingerprint density at radius 3 is 2.55 bits per heavy atom. The lowest BCUT2D eigenvalue weighted by Gasteiger charge is -1.96. The van der Waals surface area contributed by atoms with Crippen molar-refractivity contribution in [3.05, 3.63) is 36.9 Å². The van der Waals surface area contributed by atoms with E-state index in [1.807, 2.05) is 18.2 Å². The van der Waals surface area contributed by atoms with Gasteiger partial charge in [0.2, 0.25) is 0 Å². The molecule has 1 rings (SSSR count). The average Bonchev–Trinajstić information content (AvgIpc) is 2.04. The highest BCUT2D eigenvalue weighted by Gasteiger charge is 1.91. The number of rotatable bonds is 3. The molecule has 0 bridgehead atoms. The van der Waals surface area contributed by atoms with Crippen LogP contribution in [0.2, 0.25) is 6.04 Å². The third-order valence-corrected chi connectivity index (χ3v) is 3.32. The van der Waals surface area contributed by atoms with E-state index in [1.165, 1.54) is 5.19 Å². The van der Waals surface area contributed by atoms with Gasteiger partial charge in [0.05, 0.1) is 9.52 Å². The molecule has 0 aromatic heterocycles. The predicted molar refractivity (Wildman–Crippen MR) is 51.3 cm³/mol. The maximum atomic E-state index is 8.98. The highest BCUT2D eigenvalue weighted by atomic mass is 28.2. The lowest BCUT2D eigenvalue weighted by molar-refractivity contribution is 0.475. The summed E-state index contributed by atoms with van der Waals surface area (Å²) < 4.78 is 0. The molecule has 1 aromatic rings. The van der Waals surface area contributed by atoms with Crippen molar-refractivity contribution in [3.63, 3.8) is 0 Å². The van der Waals surface area contributed by atoms with Gasteiger partial charge in [0.1, 0.15) is 5.75 Å². The first-order valence-electron chi connectivity index (χ1n) is 3.72. The average molecular weight is 164 g/mol. The monoisotopic (exact) mass is 164 g/mol. The largest absolute Gasteiger partial charge is 0.508 e. The summed E-state index contributed by atoms with van der Waals surface area (Å²) in [5.74, 6) is 0.348. The van der Waals surface area contributed by atoms with Gasteiger partial charge in [-0.25, -0.2) is 0 Å². The summed E-state index contributed by atoms with van der Waals surface area (Å²) in [6.07, 6.45) is 1.96. The van der Waals surface area contributed by atoms with Crippen LogP contribution < -0.4 is 5.19 Å². The zero-order valence-corrected chi connectivity index (χ0v) is 7.87. The van der Waals surface area contributed by atoms with E-state index in [-0.39, 0.29) is 9.52 Å². The normalized spacial score (nSPS) is 10.5. The Labute approximate surface area is 69.2 Å². The van der Waals surface area contributed by atoms with E-state index in [0.717, 1.165) is 6.04 Å². The summed E-state index contributed by atoms with van der Waals surface area (Å²) in [5, 5.41) is 10.4. The molecule has 0 aliphatic carbocycles. The van der Waals surface area contributed by atoms with Crippen molar-refractivity contribution in [2.45, 2.75) is 6.04 Å². The predicted octanol–water partition coefficient (Wildman–Crippen LogP) is 0.791. The molecular weight excluding hydrogens is 152 g/mol. The van der Waals surface area contributed by atoms with Crippen molar-refractivity contribution in [3.8, 4) is 5.75 Å². The molecule has 0 unspecified atom stereocenters. The van der Waals surface area contributed by atoms with Gasteiger partial charge in [-0.2, -0.15) is 0 Å². The summed E-state index contributed by atoms with van der Waals surface area (Å²) in [7, 11) is -0.157. The molecule has 1 aromatic carbocycles. The lowest BCUT2D eigenvalue weighted by Crippen LogP contribution is -2.11. The van der Waals surface area contributed by atoms with Gasteiger partial charge in [0.25, 0.3) is 0 Å². The Morgan fingerprint density at radius 1 is 1.36 bits per heavy atom. The maximum Gasteiger partial charge on any atom is 0.115 e. The molecule has 58 valence electrons. The first-order chi connectivity index (χ1) is 5.33.